The fourth-order valence-corrected chi connectivity index (χ4v) is 4.81. The molecule has 4 nitrogen and oxygen atoms in total. The Bertz CT molecular complexity index is 1280. The van der Waals surface area contributed by atoms with Gasteiger partial charge in [0.15, 0.2) is 0 Å². The van der Waals surface area contributed by atoms with E-state index in [9.17, 15) is 0 Å². The van der Waals surface area contributed by atoms with Crippen molar-refractivity contribution in [1.29, 1.82) is 0 Å². The number of nitrogens with one attached hydrogen (secondary N) is 1. The minimum Gasteiger partial charge on any atom is -0.367 e. The van der Waals surface area contributed by atoms with Gasteiger partial charge < -0.3 is 9.88 Å². The lowest BCUT2D eigenvalue weighted by Gasteiger charge is -2.33. The predicted molar refractivity (Wildman–Crippen MR) is 129 cm³/mol. The minimum absolute atomic E-state index is 0.538. The van der Waals surface area contributed by atoms with Crippen molar-refractivity contribution in [1.82, 2.24) is 15.0 Å². The lowest BCUT2D eigenvalue weighted by atomic mass is 9.95. The Kier molecular flexibility index (Phi) is 4.81. The average Bonchev–Trinajstić information content (AvgIpc) is 3.22. The highest BCUT2D eigenvalue weighted by atomic mass is 15.1. The maximum atomic E-state index is 5.16. The Hall–Kier alpha value is -3.14. The van der Waals surface area contributed by atoms with E-state index in [2.05, 4.69) is 79.8 Å². The molecule has 1 aliphatic rings. The summed E-state index contributed by atoms with van der Waals surface area (Å²) in [5.74, 6) is 0.538. The molecule has 31 heavy (non-hydrogen) atoms. The highest BCUT2D eigenvalue weighted by Crippen LogP contribution is 2.34. The number of hydrogen-bond acceptors (Lipinski definition) is 3. The molecule has 4 heteroatoms. The largest absolute Gasteiger partial charge is 0.367 e. The number of benzene rings is 1. The Labute approximate surface area is 184 Å². The fraction of sp³-hybridized carbons (Fsp3) is 0.333. The molecule has 0 fully saturated rings. The molecule has 3 aromatic heterocycles. The summed E-state index contributed by atoms with van der Waals surface area (Å²) in [6, 6.07) is 11.3. The minimum atomic E-state index is 0.538. The van der Waals surface area contributed by atoms with Crippen molar-refractivity contribution >= 4 is 16.7 Å². The van der Waals surface area contributed by atoms with E-state index < -0.39 is 0 Å². The monoisotopic (exact) mass is 410 g/mol. The number of rotatable bonds is 3. The van der Waals surface area contributed by atoms with Crippen LogP contribution in [0.1, 0.15) is 53.3 Å². The van der Waals surface area contributed by atoms with Crippen LogP contribution in [0.25, 0.3) is 22.3 Å². The average molecular weight is 411 g/mol. The van der Waals surface area contributed by atoms with Crippen LogP contribution in [0.3, 0.4) is 0 Å². The van der Waals surface area contributed by atoms with Gasteiger partial charge in [-0.25, -0.2) is 4.98 Å². The van der Waals surface area contributed by atoms with Gasteiger partial charge in [0.25, 0.3) is 0 Å². The van der Waals surface area contributed by atoms with Gasteiger partial charge in [0.1, 0.15) is 5.65 Å². The van der Waals surface area contributed by atoms with Crippen molar-refractivity contribution < 1.29 is 0 Å². The van der Waals surface area contributed by atoms with Crippen LogP contribution in [0, 0.1) is 20.8 Å². The molecular weight excluding hydrogens is 380 g/mol. The first-order valence-corrected chi connectivity index (χ1v) is 11.2. The third kappa shape index (κ3) is 3.40. The molecule has 1 aliphatic heterocycles. The van der Waals surface area contributed by atoms with Crippen LogP contribution in [-0.4, -0.2) is 21.5 Å². The van der Waals surface area contributed by atoms with E-state index in [0.29, 0.717) is 5.92 Å². The second-order valence-electron chi connectivity index (χ2n) is 9.18. The summed E-state index contributed by atoms with van der Waals surface area (Å²) in [5.41, 5.74) is 12.4. The quantitative estimate of drug-likeness (QED) is 0.435. The first-order valence-electron chi connectivity index (χ1n) is 11.2. The number of aromatic amines is 1. The predicted octanol–water partition coefficient (Wildman–Crippen LogP) is 6.24. The molecule has 0 saturated heterocycles. The van der Waals surface area contributed by atoms with Gasteiger partial charge in [-0.2, -0.15) is 0 Å². The van der Waals surface area contributed by atoms with Gasteiger partial charge in [-0.15, -0.1) is 0 Å². The zero-order valence-electron chi connectivity index (χ0n) is 19.1. The molecular formula is C27H30N4. The summed E-state index contributed by atoms with van der Waals surface area (Å²) in [6.45, 7) is 13.0. The molecule has 0 aliphatic carbocycles. The van der Waals surface area contributed by atoms with E-state index in [-0.39, 0.29) is 0 Å². The van der Waals surface area contributed by atoms with E-state index >= 15 is 0 Å². The Morgan fingerprint density at radius 1 is 1.00 bits per heavy atom. The maximum Gasteiger partial charge on any atom is 0.137 e. The number of nitrogens with zero attached hydrogens (tertiary/aromatic N) is 3. The summed E-state index contributed by atoms with van der Waals surface area (Å²) >= 11 is 0. The first-order chi connectivity index (χ1) is 14.9. The Morgan fingerprint density at radius 2 is 1.84 bits per heavy atom. The molecule has 5 rings (SSSR count). The van der Waals surface area contributed by atoms with Crippen molar-refractivity contribution in [3.63, 3.8) is 0 Å². The zero-order chi connectivity index (χ0) is 21.7. The van der Waals surface area contributed by atoms with Gasteiger partial charge in [-0.05, 0) is 72.7 Å². The topological polar surface area (TPSA) is 44.8 Å². The summed E-state index contributed by atoms with van der Waals surface area (Å²) in [5, 5.41) is 1.14. The van der Waals surface area contributed by atoms with Crippen molar-refractivity contribution in [2.45, 2.75) is 53.5 Å². The molecule has 0 bridgehead atoms. The molecule has 158 valence electrons. The number of pyridine rings is 2. The third-order valence-electron chi connectivity index (χ3n) is 6.67. The Morgan fingerprint density at radius 3 is 2.65 bits per heavy atom. The third-order valence-corrected chi connectivity index (χ3v) is 6.67. The van der Waals surface area contributed by atoms with Crippen LogP contribution in [0.5, 0.6) is 0 Å². The van der Waals surface area contributed by atoms with Crippen LogP contribution in [0.15, 0.2) is 42.7 Å². The smallest absolute Gasteiger partial charge is 0.137 e. The van der Waals surface area contributed by atoms with Crippen LogP contribution >= 0.6 is 0 Å². The normalized spacial score (nSPS) is 13.8. The second kappa shape index (κ2) is 7.52. The lowest BCUT2D eigenvalue weighted by molar-refractivity contribution is 0.705. The van der Waals surface area contributed by atoms with Gasteiger partial charge >= 0.3 is 0 Å². The van der Waals surface area contributed by atoms with Gasteiger partial charge in [0, 0.05) is 54.2 Å². The zero-order valence-corrected chi connectivity index (χ0v) is 19.1. The highest BCUT2D eigenvalue weighted by molar-refractivity contribution is 5.93. The summed E-state index contributed by atoms with van der Waals surface area (Å²) in [7, 11) is 0. The number of hydrogen-bond donors (Lipinski definition) is 1. The molecule has 0 saturated carbocycles. The number of fused-ring (bicyclic) bond motifs is 2. The van der Waals surface area contributed by atoms with E-state index in [0.717, 1.165) is 41.8 Å². The van der Waals surface area contributed by atoms with Crippen molar-refractivity contribution in [2.75, 3.05) is 11.4 Å². The van der Waals surface area contributed by atoms with Crippen LogP contribution < -0.4 is 4.90 Å². The van der Waals surface area contributed by atoms with Gasteiger partial charge in [-0.3, -0.25) is 4.98 Å². The highest BCUT2D eigenvalue weighted by Gasteiger charge is 2.23. The lowest BCUT2D eigenvalue weighted by Crippen LogP contribution is -2.32. The van der Waals surface area contributed by atoms with E-state index in [1.54, 1.807) is 0 Å². The van der Waals surface area contributed by atoms with Gasteiger partial charge in [-0.1, -0.05) is 26.0 Å². The SMILES string of the molecule is Cc1ccc(C(C)C)cc1N1CCc2nc(-c3c(C)cnc4[nH]ccc34)cc(C)c2C1. The molecule has 1 aromatic carbocycles. The second-order valence-corrected chi connectivity index (χ2v) is 9.18. The number of anilines is 1. The molecule has 0 unspecified atom stereocenters. The van der Waals surface area contributed by atoms with E-state index in [4.69, 9.17) is 4.98 Å². The number of H-pyrrole nitrogens is 1. The maximum absolute atomic E-state index is 5.16. The van der Waals surface area contributed by atoms with E-state index in [1.807, 2.05) is 12.4 Å². The van der Waals surface area contributed by atoms with Gasteiger partial charge in [0.2, 0.25) is 0 Å². The molecule has 4 heterocycles. The van der Waals surface area contributed by atoms with Crippen LogP contribution in [-0.2, 0) is 13.0 Å². The fourth-order valence-electron chi connectivity index (χ4n) is 4.81. The Balaban J connectivity index is 1.54. The number of aromatic nitrogens is 3. The van der Waals surface area contributed by atoms with E-state index in [1.165, 1.54) is 39.2 Å². The number of aryl methyl sites for hydroxylation is 3. The van der Waals surface area contributed by atoms with Gasteiger partial charge in [0.05, 0.1) is 5.69 Å². The van der Waals surface area contributed by atoms with Crippen molar-refractivity contribution in [3.8, 4) is 11.3 Å². The first kappa shape index (κ1) is 19.8. The van der Waals surface area contributed by atoms with Crippen molar-refractivity contribution in [3.05, 3.63) is 76.2 Å². The van der Waals surface area contributed by atoms with Crippen LogP contribution in [0.4, 0.5) is 5.69 Å². The summed E-state index contributed by atoms with van der Waals surface area (Å²) in [4.78, 5) is 15.4. The molecule has 0 radical (unpaired) electrons. The van der Waals surface area contributed by atoms with Crippen molar-refractivity contribution in [2.24, 2.45) is 0 Å². The molecule has 0 atom stereocenters. The molecule has 0 spiro atoms. The molecule has 4 aromatic rings. The molecule has 1 N–H and O–H groups in total. The summed E-state index contributed by atoms with van der Waals surface area (Å²) < 4.78 is 0. The summed E-state index contributed by atoms with van der Waals surface area (Å²) in [6.07, 6.45) is 4.87. The standard InChI is InChI=1S/C27H30N4/c1-16(2)20-7-6-17(3)25(13-20)31-11-9-23-22(15-31)18(4)12-24(30-23)26-19(5)14-29-27-21(26)8-10-28-27/h6-8,10,12-14,16H,9,11,15H2,1-5H3,(H,28,29). The van der Waals surface area contributed by atoms with Crippen LogP contribution in [0.2, 0.25) is 0 Å². The molecule has 0 amide bonds.